The van der Waals surface area contributed by atoms with Crippen molar-refractivity contribution in [2.75, 3.05) is 19.8 Å². The maximum absolute atomic E-state index is 13.2. The molecule has 1 amide bonds. The molecule has 7 heteroatoms. The van der Waals surface area contributed by atoms with Crippen LogP contribution in [0.1, 0.15) is 77.4 Å². The smallest absolute Gasteiger partial charge is 0.273 e. The van der Waals surface area contributed by atoms with Crippen LogP contribution in [0.15, 0.2) is 36.4 Å². The summed E-state index contributed by atoms with van der Waals surface area (Å²) in [5.41, 5.74) is 3.51. The molecule has 1 aromatic carbocycles. The largest absolute Gasteiger partial charge is 0.477 e. The van der Waals surface area contributed by atoms with Crippen molar-refractivity contribution in [1.82, 2.24) is 9.88 Å². The Kier molecular flexibility index (Phi) is 7.67. The number of pyridine rings is 1. The fourth-order valence-electron chi connectivity index (χ4n) is 5.97. The van der Waals surface area contributed by atoms with Crippen LogP contribution in [0.3, 0.4) is 0 Å². The van der Waals surface area contributed by atoms with Crippen LogP contribution in [-0.4, -0.2) is 64.7 Å². The number of carbonyl (C=O) groups excluding carboxylic acids is 2. The Labute approximate surface area is 212 Å². The molecule has 0 spiro atoms. The van der Waals surface area contributed by atoms with E-state index in [-0.39, 0.29) is 36.1 Å². The van der Waals surface area contributed by atoms with E-state index in [1.54, 1.807) is 12.1 Å². The lowest BCUT2D eigenvalue weighted by molar-refractivity contribution is -0.00750. The number of morpholine rings is 1. The molecule has 3 atom stereocenters. The second kappa shape index (κ2) is 11.1. The molecule has 3 aliphatic rings. The van der Waals surface area contributed by atoms with Crippen LogP contribution >= 0.6 is 0 Å². The second-order valence-electron chi connectivity index (χ2n) is 10.4. The first-order valence-corrected chi connectivity index (χ1v) is 13.4. The standard InChI is InChI=1S/C29H36N2O5/c1-2-36-28-25(12-13-26(30-28)29(34)31-22-8-9-23(31)18-35-17-22)27(33)14-11-24(32)10-7-19-15-20-5-3-4-6-21(20)16-19/h3-6,12-13,19,22-24,32H,2,7-11,14-18H2,1H3/t22?,23?,24-/m0/s1. The van der Waals surface area contributed by atoms with Gasteiger partial charge in [-0.1, -0.05) is 24.3 Å². The van der Waals surface area contributed by atoms with E-state index in [2.05, 4.69) is 29.2 Å². The predicted octanol–water partition coefficient (Wildman–Crippen LogP) is 4.00. The number of nitrogens with zero attached hydrogens (tertiary/aromatic N) is 2. The average molecular weight is 493 g/mol. The van der Waals surface area contributed by atoms with Gasteiger partial charge in [0.05, 0.1) is 43.6 Å². The van der Waals surface area contributed by atoms with Crippen LogP contribution in [0.4, 0.5) is 0 Å². The number of amides is 1. The summed E-state index contributed by atoms with van der Waals surface area (Å²) in [7, 11) is 0. The molecule has 2 aromatic rings. The highest BCUT2D eigenvalue weighted by Crippen LogP contribution is 2.32. The number of fused-ring (bicyclic) bond motifs is 3. The molecule has 5 rings (SSSR count). The van der Waals surface area contributed by atoms with E-state index in [0.717, 1.165) is 32.1 Å². The van der Waals surface area contributed by atoms with Crippen LogP contribution in [0.2, 0.25) is 0 Å². The summed E-state index contributed by atoms with van der Waals surface area (Å²) in [5, 5.41) is 10.6. The number of benzene rings is 1. The zero-order valence-corrected chi connectivity index (χ0v) is 21.0. The molecule has 2 bridgehead atoms. The van der Waals surface area contributed by atoms with Crippen molar-refractivity contribution in [3.63, 3.8) is 0 Å². The molecule has 2 unspecified atom stereocenters. The predicted molar refractivity (Wildman–Crippen MR) is 135 cm³/mol. The number of rotatable bonds is 10. The zero-order valence-electron chi connectivity index (χ0n) is 21.0. The number of aromatic nitrogens is 1. The molecule has 7 nitrogen and oxygen atoms in total. The zero-order chi connectivity index (χ0) is 25.1. The van der Waals surface area contributed by atoms with Gasteiger partial charge in [-0.2, -0.15) is 0 Å². The summed E-state index contributed by atoms with van der Waals surface area (Å²) in [6, 6.07) is 12.0. The molecular weight excluding hydrogens is 456 g/mol. The summed E-state index contributed by atoms with van der Waals surface area (Å²) in [6.45, 7) is 3.30. The SMILES string of the molecule is CCOc1nc(C(=O)N2C3CCC2COC3)ccc1C(=O)CC[C@@H](O)CCC1Cc2ccccc2C1. The minimum absolute atomic E-state index is 0.0924. The van der Waals surface area contributed by atoms with Gasteiger partial charge in [-0.25, -0.2) is 4.98 Å². The number of Topliss-reactive ketones (excluding diaryl/α,β-unsaturated/α-hetero) is 1. The van der Waals surface area contributed by atoms with Crippen LogP contribution in [0.5, 0.6) is 5.88 Å². The summed E-state index contributed by atoms with van der Waals surface area (Å²) >= 11 is 0. The van der Waals surface area contributed by atoms with E-state index in [1.165, 1.54) is 11.1 Å². The van der Waals surface area contributed by atoms with Gasteiger partial charge in [0.25, 0.3) is 5.91 Å². The fourth-order valence-corrected chi connectivity index (χ4v) is 5.97. The first-order chi connectivity index (χ1) is 17.5. The molecular formula is C29H36N2O5. The number of hydrogen-bond donors (Lipinski definition) is 1. The Morgan fingerprint density at radius 3 is 2.44 bits per heavy atom. The third kappa shape index (κ3) is 5.32. The molecule has 1 N–H and O–H groups in total. The van der Waals surface area contributed by atoms with Crippen molar-refractivity contribution in [2.45, 2.75) is 76.5 Å². The van der Waals surface area contributed by atoms with Gasteiger partial charge in [0.15, 0.2) is 5.78 Å². The third-order valence-corrected chi connectivity index (χ3v) is 7.88. The van der Waals surface area contributed by atoms with E-state index in [1.807, 2.05) is 11.8 Å². The second-order valence-corrected chi connectivity index (χ2v) is 10.4. The summed E-state index contributed by atoms with van der Waals surface area (Å²) < 4.78 is 11.3. The first-order valence-electron chi connectivity index (χ1n) is 13.4. The van der Waals surface area contributed by atoms with Gasteiger partial charge in [-0.3, -0.25) is 9.59 Å². The maximum Gasteiger partial charge on any atom is 0.273 e. The minimum Gasteiger partial charge on any atom is -0.477 e. The molecule has 0 radical (unpaired) electrons. The molecule has 1 aromatic heterocycles. The first kappa shape index (κ1) is 24.9. The van der Waals surface area contributed by atoms with E-state index < -0.39 is 6.10 Å². The highest BCUT2D eigenvalue weighted by molar-refractivity contribution is 6.00. The Bertz CT molecular complexity index is 1060. The van der Waals surface area contributed by atoms with Crippen molar-refractivity contribution in [1.29, 1.82) is 0 Å². The molecule has 2 saturated heterocycles. The normalized spacial score (nSPS) is 21.9. The van der Waals surface area contributed by atoms with Crippen LogP contribution in [-0.2, 0) is 17.6 Å². The van der Waals surface area contributed by atoms with E-state index in [9.17, 15) is 14.7 Å². The number of carbonyl (C=O) groups is 2. The fraction of sp³-hybridized carbons (Fsp3) is 0.552. The summed E-state index contributed by atoms with van der Waals surface area (Å²) in [6.07, 6.45) is 5.79. The summed E-state index contributed by atoms with van der Waals surface area (Å²) in [5.74, 6) is 0.513. The van der Waals surface area contributed by atoms with Gasteiger partial charge < -0.3 is 19.5 Å². The van der Waals surface area contributed by atoms with Crippen molar-refractivity contribution >= 4 is 11.7 Å². The van der Waals surface area contributed by atoms with Crippen molar-refractivity contribution < 1.29 is 24.2 Å². The number of hydrogen-bond acceptors (Lipinski definition) is 6. The van der Waals surface area contributed by atoms with Crippen LogP contribution in [0, 0.1) is 5.92 Å². The lowest BCUT2D eigenvalue weighted by Gasteiger charge is -2.34. The van der Waals surface area contributed by atoms with Gasteiger partial charge in [0.1, 0.15) is 5.69 Å². The summed E-state index contributed by atoms with van der Waals surface area (Å²) in [4.78, 5) is 32.6. The quantitative estimate of drug-likeness (QED) is 0.505. The molecule has 2 fully saturated rings. The van der Waals surface area contributed by atoms with Gasteiger partial charge in [-0.05, 0) is 81.0 Å². The highest BCUT2D eigenvalue weighted by Gasteiger charge is 2.41. The van der Waals surface area contributed by atoms with Crippen LogP contribution < -0.4 is 4.74 Å². The molecule has 0 saturated carbocycles. The number of ether oxygens (including phenoxy) is 2. The average Bonchev–Trinajstić information content (AvgIpc) is 3.42. The van der Waals surface area contributed by atoms with Crippen molar-refractivity contribution in [3.05, 3.63) is 58.8 Å². The van der Waals surface area contributed by atoms with Gasteiger partial charge in [0.2, 0.25) is 5.88 Å². The van der Waals surface area contributed by atoms with Gasteiger partial charge in [-0.15, -0.1) is 0 Å². The molecule has 192 valence electrons. The van der Waals surface area contributed by atoms with Crippen LogP contribution in [0.25, 0.3) is 0 Å². The number of aliphatic hydroxyl groups is 1. The Morgan fingerprint density at radius 1 is 1.08 bits per heavy atom. The van der Waals surface area contributed by atoms with E-state index in [0.29, 0.717) is 49.8 Å². The Balaban J connectivity index is 1.16. The van der Waals surface area contributed by atoms with Crippen molar-refractivity contribution in [3.8, 4) is 5.88 Å². The van der Waals surface area contributed by atoms with E-state index in [4.69, 9.17) is 9.47 Å². The monoisotopic (exact) mass is 492 g/mol. The number of aliphatic hydroxyl groups excluding tert-OH is 1. The third-order valence-electron chi connectivity index (χ3n) is 7.88. The maximum atomic E-state index is 13.2. The lowest BCUT2D eigenvalue weighted by Crippen LogP contribution is -2.49. The van der Waals surface area contributed by atoms with E-state index >= 15 is 0 Å². The highest BCUT2D eigenvalue weighted by atomic mass is 16.5. The molecule has 3 heterocycles. The topological polar surface area (TPSA) is 89.0 Å². The van der Waals surface area contributed by atoms with Gasteiger partial charge >= 0.3 is 0 Å². The number of ketones is 1. The Morgan fingerprint density at radius 2 is 1.78 bits per heavy atom. The minimum atomic E-state index is -0.515. The van der Waals surface area contributed by atoms with Crippen molar-refractivity contribution in [2.24, 2.45) is 5.92 Å². The van der Waals surface area contributed by atoms with Gasteiger partial charge in [0, 0.05) is 6.42 Å². The molecule has 1 aliphatic carbocycles. The Hall–Kier alpha value is -2.77. The lowest BCUT2D eigenvalue weighted by atomic mass is 9.95. The molecule has 2 aliphatic heterocycles. The molecule has 36 heavy (non-hydrogen) atoms.